The van der Waals surface area contributed by atoms with Crippen molar-refractivity contribution in [2.75, 3.05) is 31.2 Å². The van der Waals surface area contributed by atoms with Gasteiger partial charge in [-0.15, -0.1) is 0 Å². The molecule has 2 aromatic carbocycles. The topological polar surface area (TPSA) is 68.1 Å². The number of nitrogens with zero attached hydrogens (tertiary/aromatic N) is 1. The van der Waals surface area contributed by atoms with Crippen molar-refractivity contribution in [1.82, 2.24) is 0 Å². The van der Waals surface area contributed by atoms with Crippen LogP contribution in [0.2, 0.25) is 5.02 Å². The molecular formula is C21H20ClN2O4+. The zero-order chi connectivity index (χ0) is 19.7. The summed E-state index contributed by atoms with van der Waals surface area (Å²) in [6.45, 7) is 2.53. The first kappa shape index (κ1) is 18.8. The maximum absolute atomic E-state index is 13.1. The second-order valence-electron chi connectivity index (χ2n) is 6.95. The number of morpholine rings is 1. The number of amides is 2. The molecule has 7 heteroatoms. The Balaban J connectivity index is 1.70. The van der Waals surface area contributed by atoms with Crippen LogP contribution in [0.4, 0.5) is 5.69 Å². The van der Waals surface area contributed by atoms with Crippen LogP contribution in [-0.4, -0.2) is 49.9 Å². The summed E-state index contributed by atoms with van der Waals surface area (Å²) in [6.07, 6.45) is 0.135. The second-order valence-corrected chi connectivity index (χ2v) is 7.39. The van der Waals surface area contributed by atoms with E-state index < -0.39 is 6.04 Å². The number of carbonyl (C=O) groups is 3. The molecule has 2 amide bonds. The van der Waals surface area contributed by atoms with Gasteiger partial charge in [0.15, 0.2) is 11.8 Å². The average molecular weight is 400 g/mol. The first-order valence-corrected chi connectivity index (χ1v) is 9.62. The smallest absolute Gasteiger partial charge is 0.292 e. The Morgan fingerprint density at radius 3 is 2.50 bits per heavy atom. The molecule has 28 heavy (non-hydrogen) atoms. The summed E-state index contributed by atoms with van der Waals surface area (Å²) >= 11 is 6.12. The van der Waals surface area contributed by atoms with E-state index in [0.29, 0.717) is 42.6 Å². The van der Waals surface area contributed by atoms with Crippen molar-refractivity contribution >= 4 is 34.9 Å². The van der Waals surface area contributed by atoms with Gasteiger partial charge in [-0.1, -0.05) is 41.9 Å². The maximum Gasteiger partial charge on any atom is 0.292 e. The van der Waals surface area contributed by atoms with Crippen molar-refractivity contribution in [2.24, 2.45) is 0 Å². The Kier molecular flexibility index (Phi) is 5.26. The molecule has 0 radical (unpaired) electrons. The minimum atomic E-state index is -0.438. The van der Waals surface area contributed by atoms with Crippen molar-refractivity contribution in [3.8, 4) is 0 Å². The number of hydrogen-bond acceptors (Lipinski definition) is 4. The molecule has 0 saturated carbocycles. The van der Waals surface area contributed by atoms with Crippen molar-refractivity contribution < 1.29 is 24.0 Å². The number of carbonyl (C=O) groups excluding carboxylic acids is 3. The van der Waals surface area contributed by atoms with Crippen molar-refractivity contribution in [1.29, 1.82) is 0 Å². The number of anilines is 1. The van der Waals surface area contributed by atoms with Crippen LogP contribution in [0.15, 0.2) is 48.5 Å². The zero-order valence-electron chi connectivity index (χ0n) is 15.2. The van der Waals surface area contributed by atoms with Gasteiger partial charge in [-0.05, 0) is 18.2 Å². The molecule has 0 bridgehead atoms. The molecule has 2 heterocycles. The number of ether oxygens (including phenoxy) is 1. The number of rotatable bonds is 4. The molecule has 2 aliphatic heterocycles. The summed E-state index contributed by atoms with van der Waals surface area (Å²) in [7, 11) is 0. The van der Waals surface area contributed by atoms with Crippen LogP contribution in [0.1, 0.15) is 22.3 Å². The van der Waals surface area contributed by atoms with Crippen LogP contribution in [0.25, 0.3) is 0 Å². The molecule has 1 atom stereocenters. The standard InChI is InChI=1S/C21H19ClN2O4/c22-15-6-7-17(16(12-15)20(26)14-4-2-1-3-5-14)24-19(25)13-18(21(24)27)23-8-10-28-11-9-23/h1-7,12,18H,8-11,13H2/p+1/t18-/m0/s1. The molecule has 0 spiro atoms. The predicted octanol–water partition coefficient (Wildman–Crippen LogP) is 1.12. The molecule has 0 aliphatic carbocycles. The van der Waals surface area contributed by atoms with E-state index in [1.54, 1.807) is 36.4 Å². The summed E-state index contributed by atoms with van der Waals surface area (Å²) in [6, 6.07) is 13.0. The van der Waals surface area contributed by atoms with Crippen LogP contribution in [0.5, 0.6) is 0 Å². The van der Waals surface area contributed by atoms with Crippen LogP contribution in [0.3, 0.4) is 0 Å². The number of ketones is 1. The average Bonchev–Trinajstić information content (AvgIpc) is 3.03. The second kappa shape index (κ2) is 7.83. The molecule has 2 saturated heterocycles. The number of benzene rings is 2. The predicted molar refractivity (Wildman–Crippen MR) is 104 cm³/mol. The highest BCUT2D eigenvalue weighted by molar-refractivity contribution is 6.32. The Labute approximate surface area is 167 Å². The quantitative estimate of drug-likeness (QED) is 0.618. The Morgan fingerprint density at radius 1 is 1.07 bits per heavy atom. The molecule has 0 unspecified atom stereocenters. The third-order valence-corrected chi connectivity index (χ3v) is 5.49. The first-order valence-electron chi connectivity index (χ1n) is 9.24. The van der Waals surface area contributed by atoms with E-state index >= 15 is 0 Å². The van der Waals surface area contributed by atoms with Gasteiger partial charge < -0.3 is 9.64 Å². The highest BCUT2D eigenvalue weighted by atomic mass is 35.5. The molecule has 2 aliphatic rings. The summed E-state index contributed by atoms with van der Waals surface area (Å²) in [5.41, 5.74) is 1.02. The van der Waals surface area contributed by atoms with E-state index in [-0.39, 0.29) is 29.6 Å². The molecule has 1 N–H and O–H groups in total. The molecule has 4 rings (SSSR count). The van der Waals surface area contributed by atoms with Gasteiger partial charge in [-0.2, -0.15) is 0 Å². The minimum absolute atomic E-state index is 0.135. The van der Waals surface area contributed by atoms with E-state index in [1.807, 2.05) is 6.07 Å². The summed E-state index contributed by atoms with van der Waals surface area (Å²) < 4.78 is 5.36. The Bertz CT molecular complexity index is 925. The third-order valence-electron chi connectivity index (χ3n) is 5.25. The van der Waals surface area contributed by atoms with Crippen LogP contribution >= 0.6 is 11.6 Å². The highest BCUT2D eigenvalue weighted by Crippen LogP contribution is 2.30. The molecule has 6 nitrogen and oxygen atoms in total. The lowest BCUT2D eigenvalue weighted by atomic mass is 10.0. The summed E-state index contributed by atoms with van der Waals surface area (Å²) in [5.74, 6) is -0.842. The molecule has 2 fully saturated rings. The fourth-order valence-electron chi connectivity index (χ4n) is 3.82. The lowest BCUT2D eigenvalue weighted by molar-refractivity contribution is -0.922. The number of hydrogen-bond donors (Lipinski definition) is 1. The monoisotopic (exact) mass is 399 g/mol. The van der Waals surface area contributed by atoms with Gasteiger partial charge >= 0.3 is 0 Å². The minimum Gasteiger partial charge on any atom is -0.370 e. The van der Waals surface area contributed by atoms with Gasteiger partial charge in [-0.3, -0.25) is 14.4 Å². The van der Waals surface area contributed by atoms with Crippen molar-refractivity contribution in [3.63, 3.8) is 0 Å². The number of quaternary nitrogens is 1. The lowest BCUT2D eigenvalue weighted by Crippen LogP contribution is -3.18. The number of imide groups is 1. The Hall–Kier alpha value is -2.54. The van der Waals surface area contributed by atoms with Gasteiger partial charge in [0.2, 0.25) is 5.91 Å². The number of halogens is 1. The Morgan fingerprint density at radius 2 is 1.79 bits per heavy atom. The zero-order valence-corrected chi connectivity index (χ0v) is 15.9. The first-order chi connectivity index (χ1) is 13.6. The van der Waals surface area contributed by atoms with Gasteiger partial charge in [-0.25, -0.2) is 4.90 Å². The molecule has 144 valence electrons. The summed E-state index contributed by atoms with van der Waals surface area (Å²) in [5, 5.41) is 0.373. The van der Waals surface area contributed by atoms with Crippen LogP contribution in [0, 0.1) is 0 Å². The van der Waals surface area contributed by atoms with E-state index in [1.165, 1.54) is 6.07 Å². The van der Waals surface area contributed by atoms with Crippen LogP contribution < -0.4 is 9.80 Å². The van der Waals surface area contributed by atoms with E-state index in [4.69, 9.17) is 16.3 Å². The van der Waals surface area contributed by atoms with Crippen LogP contribution in [-0.2, 0) is 14.3 Å². The molecular weight excluding hydrogens is 380 g/mol. The molecule has 0 aromatic heterocycles. The van der Waals surface area contributed by atoms with Gasteiger partial charge in [0, 0.05) is 16.1 Å². The highest BCUT2D eigenvalue weighted by Gasteiger charge is 2.47. The van der Waals surface area contributed by atoms with Gasteiger partial charge in [0.05, 0.1) is 25.3 Å². The largest absolute Gasteiger partial charge is 0.370 e. The fraction of sp³-hybridized carbons (Fsp3) is 0.286. The van der Waals surface area contributed by atoms with Gasteiger partial charge in [0.1, 0.15) is 13.1 Å². The van der Waals surface area contributed by atoms with Crippen molar-refractivity contribution in [3.05, 3.63) is 64.7 Å². The van der Waals surface area contributed by atoms with Gasteiger partial charge in [0.25, 0.3) is 5.91 Å². The van der Waals surface area contributed by atoms with Crippen molar-refractivity contribution in [2.45, 2.75) is 12.5 Å². The number of nitrogens with one attached hydrogen (secondary N) is 1. The normalized spacial score (nSPS) is 20.6. The van der Waals surface area contributed by atoms with E-state index in [2.05, 4.69) is 0 Å². The lowest BCUT2D eigenvalue weighted by Gasteiger charge is -2.27. The summed E-state index contributed by atoms with van der Waals surface area (Å²) in [4.78, 5) is 41.1. The third kappa shape index (κ3) is 3.46. The maximum atomic E-state index is 13.1. The van der Waals surface area contributed by atoms with E-state index in [9.17, 15) is 14.4 Å². The SMILES string of the molecule is O=C(c1ccccc1)c1cc(Cl)ccc1N1C(=O)C[C@H]([NH+]2CCOCC2)C1=O. The molecule has 2 aromatic rings. The van der Waals surface area contributed by atoms with E-state index in [0.717, 1.165) is 9.80 Å². The fourth-order valence-corrected chi connectivity index (χ4v) is 3.99.